The van der Waals surface area contributed by atoms with Crippen molar-refractivity contribution in [3.63, 3.8) is 0 Å². The first-order chi connectivity index (χ1) is 8.97. The molecule has 0 unspecified atom stereocenters. The van der Waals surface area contributed by atoms with Gasteiger partial charge in [0, 0.05) is 10.7 Å². The second-order valence-electron chi connectivity index (χ2n) is 3.72. The average molecular weight is 342 g/mol. The first-order valence-electron chi connectivity index (χ1n) is 5.29. The highest BCUT2D eigenvalue weighted by Gasteiger charge is 2.11. The summed E-state index contributed by atoms with van der Waals surface area (Å²) >= 11 is 3.28. The molecule has 19 heavy (non-hydrogen) atoms. The molecule has 0 spiro atoms. The van der Waals surface area contributed by atoms with Crippen molar-refractivity contribution in [2.45, 2.75) is 4.90 Å². The maximum atomic E-state index is 12.7. The highest BCUT2D eigenvalue weighted by molar-refractivity contribution is 9.10. The number of hydrogen-bond donors (Lipinski definition) is 0. The van der Waals surface area contributed by atoms with Crippen LogP contribution in [0.4, 0.5) is 4.39 Å². The fourth-order valence-electron chi connectivity index (χ4n) is 1.38. The highest BCUT2D eigenvalue weighted by atomic mass is 79.9. The molecule has 0 amide bonds. The summed E-state index contributed by atoms with van der Waals surface area (Å²) < 4.78 is 40.9. The number of halogens is 2. The zero-order chi connectivity index (χ0) is 13.9. The van der Waals surface area contributed by atoms with Crippen molar-refractivity contribution >= 4 is 32.2 Å². The summed E-state index contributed by atoms with van der Waals surface area (Å²) in [6.45, 7) is 0. The number of hydrogen-bond acceptors (Lipinski definition) is 2. The van der Waals surface area contributed by atoms with E-state index in [0.29, 0.717) is 5.56 Å². The quantitative estimate of drug-likeness (QED) is 0.803. The fraction of sp³-hybridized carbons (Fsp3) is 0. The Bertz CT molecular complexity index is 712. The van der Waals surface area contributed by atoms with Crippen molar-refractivity contribution in [1.29, 1.82) is 0 Å². The van der Waals surface area contributed by atoms with Crippen LogP contribution in [0.15, 0.2) is 62.3 Å². The Morgan fingerprint density at radius 3 is 2.42 bits per heavy atom. The molecule has 0 radical (unpaired) electrons. The first kappa shape index (κ1) is 13.9. The van der Waals surface area contributed by atoms with E-state index in [0.717, 1.165) is 16.6 Å². The van der Waals surface area contributed by atoms with Gasteiger partial charge in [-0.15, -0.1) is 0 Å². The van der Waals surface area contributed by atoms with Crippen LogP contribution in [0.2, 0.25) is 0 Å². The van der Waals surface area contributed by atoms with Gasteiger partial charge in [0.15, 0.2) is 0 Å². The average Bonchev–Trinajstić information content (AvgIpc) is 2.37. The minimum atomic E-state index is -3.80. The van der Waals surface area contributed by atoms with Crippen LogP contribution in [-0.2, 0) is 10.0 Å². The summed E-state index contributed by atoms with van der Waals surface area (Å²) in [5.41, 5.74) is 0.653. The maximum absolute atomic E-state index is 12.7. The molecule has 0 saturated carbocycles. The normalized spacial score (nSPS) is 11.9. The second-order valence-corrected chi connectivity index (χ2v) is 6.27. The van der Waals surface area contributed by atoms with Crippen molar-refractivity contribution in [2.24, 2.45) is 4.40 Å². The summed E-state index contributed by atoms with van der Waals surface area (Å²) in [5.74, 6) is -0.491. The van der Waals surface area contributed by atoms with Gasteiger partial charge in [0.1, 0.15) is 5.82 Å². The summed E-state index contributed by atoms with van der Waals surface area (Å²) in [6, 6.07) is 11.6. The second kappa shape index (κ2) is 5.63. The molecule has 0 aliphatic carbocycles. The Hall–Kier alpha value is -1.53. The van der Waals surface area contributed by atoms with Gasteiger partial charge in [0.25, 0.3) is 10.0 Å². The van der Waals surface area contributed by atoms with E-state index in [4.69, 9.17) is 0 Å². The molecule has 98 valence electrons. The summed E-state index contributed by atoms with van der Waals surface area (Å²) in [4.78, 5) is -0.0415. The molecule has 0 fully saturated rings. The first-order valence-corrected chi connectivity index (χ1v) is 7.52. The van der Waals surface area contributed by atoms with Gasteiger partial charge in [-0.2, -0.15) is 12.8 Å². The Kier molecular flexibility index (Phi) is 4.11. The van der Waals surface area contributed by atoms with E-state index in [1.807, 2.05) is 6.07 Å². The standard InChI is InChI=1S/C13H9BrFNO2S/c14-11-3-1-2-10(8-11)9-16-19(17,18)13-6-4-12(15)5-7-13/h1-9H/b16-9+. The minimum Gasteiger partial charge on any atom is -0.207 e. The Morgan fingerprint density at radius 2 is 1.79 bits per heavy atom. The van der Waals surface area contributed by atoms with Crippen LogP contribution >= 0.6 is 15.9 Å². The molecule has 6 heteroatoms. The van der Waals surface area contributed by atoms with Crippen molar-refractivity contribution in [3.05, 3.63) is 64.4 Å². The Labute approximate surface area is 119 Å². The van der Waals surface area contributed by atoms with E-state index in [1.165, 1.54) is 18.3 Å². The highest BCUT2D eigenvalue weighted by Crippen LogP contribution is 2.14. The zero-order valence-electron chi connectivity index (χ0n) is 9.62. The van der Waals surface area contributed by atoms with Gasteiger partial charge in [-0.3, -0.25) is 0 Å². The third-order valence-corrected chi connectivity index (χ3v) is 4.04. The van der Waals surface area contributed by atoms with Crippen molar-refractivity contribution in [3.8, 4) is 0 Å². The molecule has 0 aromatic heterocycles. The molecule has 0 atom stereocenters. The van der Waals surface area contributed by atoms with Crippen molar-refractivity contribution in [2.75, 3.05) is 0 Å². The predicted molar refractivity (Wildman–Crippen MR) is 75.3 cm³/mol. The largest absolute Gasteiger partial charge is 0.282 e. The number of sulfonamides is 1. The number of nitrogens with zero attached hydrogens (tertiary/aromatic N) is 1. The predicted octanol–water partition coefficient (Wildman–Crippen LogP) is 3.40. The van der Waals surface area contributed by atoms with E-state index in [9.17, 15) is 12.8 Å². The van der Waals surface area contributed by atoms with Crippen molar-refractivity contribution < 1.29 is 12.8 Å². The van der Waals surface area contributed by atoms with Gasteiger partial charge in [-0.1, -0.05) is 28.1 Å². The molecule has 0 aliphatic rings. The summed E-state index contributed by atoms with van der Waals surface area (Å²) in [7, 11) is -3.80. The van der Waals surface area contributed by atoms with Gasteiger partial charge in [-0.05, 0) is 42.0 Å². The molecule has 0 bridgehead atoms. The Morgan fingerprint density at radius 1 is 1.11 bits per heavy atom. The molecule has 0 aliphatic heterocycles. The SMILES string of the molecule is O=S(=O)(/N=C/c1cccc(Br)c1)c1ccc(F)cc1. The van der Waals surface area contributed by atoms with Crippen LogP contribution in [0, 0.1) is 5.82 Å². The van der Waals surface area contributed by atoms with Crippen LogP contribution in [0.25, 0.3) is 0 Å². The summed E-state index contributed by atoms with van der Waals surface area (Å²) in [6.07, 6.45) is 1.25. The van der Waals surface area contributed by atoms with Crippen LogP contribution in [0.1, 0.15) is 5.56 Å². The topological polar surface area (TPSA) is 46.5 Å². The molecule has 2 aromatic rings. The Balaban J connectivity index is 2.29. The monoisotopic (exact) mass is 341 g/mol. The molecule has 0 N–H and O–H groups in total. The number of benzene rings is 2. The van der Waals surface area contributed by atoms with Crippen LogP contribution in [0.5, 0.6) is 0 Å². The lowest BCUT2D eigenvalue weighted by Gasteiger charge is -1.98. The van der Waals surface area contributed by atoms with Gasteiger partial charge in [0.2, 0.25) is 0 Å². The molecule has 0 saturated heterocycles. The zero-order valence-corrected chi connectivity index (χ0v) is 12.0. The van der Waals surface area contributed by atoms with E-state index < -0.39 is 15.8 Å². The van der Waals surface area contributed by atoms with Gasteiger partial charge in [-0.25, -0.2) is 4.39 Å². The van der Waals surface area contributed by atoms with E-state index >= 15 is 0 Å². The lowest BCUT2D eigenvalue weighted by Crippen LogP contribution is -1.97. The molecule has 3 nitrogen and oxygen atoms in total. The molecular weight excluding hydrogens is 333 g/mol. The minimum absolute atomic E-state index is 0.0415. The van der Waals surface area contributed by atoms with Crippen LogP contribution < -0.4 is 0 Å². The fourth-order valence-corrected chi connectivity index (χ4v) is 2.66. The lowest BCUT2D eigenvalue weighted by molar-refractivity contribution is 0.597. The molecule has 0 heterocycles. The molecule has 2 aromatic carbocycles. The van der Waals surface area contributed by atoms with Gasteiger partial charge >= 0.3 is 0 Å². The van der Waals surface area contributed by atoms with Crippen molar-refractivity contribution in [1.82, 2.24) is 0 Å². The smallest absolute Gasteiger partial charge is 0.207 e. The summed E-state index contributed by atoms with van der Waals surface area (Å²) in [5, 5.41) is 0. The van der Waals surface area contributed by atoms with Gasteiger partial charge in [0.05, 0.1) is 4.90 Å². The van der Waals surface area contributed by atoms with E-state index in [2.05, 4.69) is 20.3 Å². The third-order valence-electron chi connectivity index (χ3n) is 2.30. The molecule has 2 rings (SSSR count). The van der Waals surface area contributed by atoms with Crippen LogP contribution in [-0.4, -0.2) is 14.6 Å². The van der Waals surface area contributed by atoms with E-state index in [1.54, 1.807) is 18.2 Å². The lowest BCUT2D eigenvalue weighted by atomic mass is 10.2. The third kappa shape index (κ3) is 3.71. The van der Waals surface area contributed by atoms with Crippen LogP contribution in [0.3, 0.4) is 0 Å². The maximum Gasteiger partial charge on any atom is 0.282 e. The number of rotatable bonds is 3. The van der Waals surface area contributed by atoms with Gasteiger partial charge < -0.3 is 0 Å². The molecular formula is C13H9BrFNO2S. The van der Waals surface area contributed by atoms with E-state index in [-0.39, 0.29) is 4.90 Å².